The van der Waals surface area contributed by atoms with Crippen molar-refractivity contribution < 1.29 is 27.4 Å². The van der Waals surface area contributed by atoms with E-state index in [-0.39, 0.29) is 12.2 Å². The number of carboxylic acid groups (broad SMARTS) is 1. The highest BCUT2D eigenvalue weighted by Crippen LogP contribution is 2.27. The third-order valence-corrected chi connectivity index (χ3v) is 3.68. The molecule has 0 aliphatic heterocycles. The van der Waals surface area contributed by atoms with Crippen molar-refractivity contribution in [3.63, 3.8) is 0 Å². The highest BCUT2D eigenvalue weighted by molar-refractivity contribution is 7.90. The Morgan fingerprint density at radius 2 is 2.05 bits per heavy atom. The normalized spacial score (nSPS) is 11.3. The lowest BCUT2D eigenvalue weighted by Crippen LogP contribution is -2.04. The molecule has 5 nitrogen and oxygen atoms in total. The molecule has 1 aromatic rings. The van der Waals surface area contributed by atoms with Gasteiger partial charge in [0.05, 0.1) is 7.11 Å². The van der Waals surface area contributed by atoms with Gasteiger partial charge in [-0.2, -0.15) is 0 Å². The van der Waals surface area contributed by atoms with E-state index in [1.165, 1.54) is 7.11 Å². The highest BCUT2D eigenvalue weighted by atomic mass is 32.2. The van der Waals surface area contributed by atoms with Gasteiger partial charge in [-0.25, -0.2) is 12.8 Å². The van der Waals surface area contributed by atoms with Crippen LogP contribution in [0.4, 0.5) is 4.39 Å². The van der Waals surface area contributed by atoms with E-state index in [1.54, 1.807) is 0 Å². The highest BCUT2D eigenvalue weighted by Gasteiger charge is 2.18. The summed E-state index contributed by atoms with van der Waals surface area (Å²) in [6, 6.07) is 2.21. The van der Waals surface area contributed by atoms with E-state index in [2.05, 4.69) is 0 Å². The number of methoxy groups -OCH3 is 1. The van der Waals surface area contributed by atoms with E-state index < -0.39 is 26.5 Å². The number of hydrogen-bond acceptors (Lipinski definition) is 4. The Kier molecular flexibility index (Phi) is 4.88. The van der Waals surface area contributed by atoms with Crippen molar-refractivity contribution in [3.05, 3.63) is 23.5 Å². The summed E-state index contributed by atoms with van der Waals surface area (Å²) in [6.07, 6.45) is 1.49. The number of carboxylic acids is 1. The van der Waals surface area contributed by atoms with Gasteiger partial charge in [-0.05, 0) is 24.5 Å². The van der Waals surface area contributed by atoms with Crippen molar-refractivity contribution in [3.8, 4) is 5.75 Å². The molecule has 0 unspecified atom stereocenters. The molecule has 0 bridgehead atoms. The summed E-state index contributed by atoms with van der Waals surface area (Å²) >= 11 is 0. The van der Waals surface area contributed by atoms with Crippen LogP contribution in [0.3, 0.4) is 0 Å². The number of benzene rings is 1. The first-order chi connectivity index (χ1) is 8.75. The summed E-state index contributed by atoms with van der Waals surface area (Å²) in [4.78, 5) is 9.99. The molecule has 0 radical (unpaired) electrons. The first-order valence-corrected chi connectivity index (χ1v) is 7.43. The van der Waals surface area contributed by atoms with Crippen LogP contribution in [0.25, 0.3) is 0 Å². The van der Waals surface area contributed by atoms with Crippen LogP contribution in [0.5, 0.6) is 5.75 Å². The van der Waals surface area contributed by atoms with E-state index in [4.69, 9.17) is 9.84 Å². The molecule has 1 rings (SSSR count). The zero-order chi connectivity index (χ0) is 14.6. The zero-order valence-corrected chi connectivity index (χ0v) is 11.5. The number of ether oxygens (including phenoxy) is 1. The minimum atomic E-state index is -3.67. The maximum Gasteiger partial charge on any atom is 0.303 e. The van der Waals surface area contributed by atoms with E-state index in [0.29, 0.717) is 18.4 Å². The van der Waals surface area contributed by atoms with Crippen LogP contribution in [0.15, 0.2) is 17.0 Å². The van der Waals surface area contributed by atoms with E-state index in [9.17, 15) is 17.6 Å². The standard InChI is InChI=1S/C12H15FO5S/c1-18-10-7-11(19(2,16)17)9(13)6-8(10)4-3-5-12(14)15/h6-7H,3-5H2,1-2H3,(H,14,15). The number of halogens is 1. The predicted molar refractivity (Wildman–Crippen MR) is 66.6 cm³/mol. The quantitative estimate of drug-likeness (QED) is 0.861. The van der Waals surface area contributed by atoms with Gasteiger partial charge in [-0.15, -0.1) is 0 Å². The summed E-state index contributed by atoms with van der Waals surface area (Å²) in [5, 5.41) is 8.54. The van der Waals surface area contributed by atoms with Gasteiger partial charge in [-0.3, -0.25) is 4.79 Å². The number of hydrogen-bond donors (Lipinski definition) is 1. The average Bonchev–Trinajstić information content (AvgIpc) is 2.27. The smallest absolute Gasteiger partial charge is 0.303 e. The molecule has 0 aromatic heterocycles. The number of aryl methyl sites for hydroxylation is 1. The van der Waals surface area contributed by atoms with E-state index in [0.717, 1.165) is 18.4 Å². The van der Waals surface area contributed by atoms with Crippen LogP contribution in [0, 0.1) is 5.82 Å². The van der Waals surface area contributed by atoms with E-state index in [1.807, 2.05) is 0 Å². The summed E-state index contributed by atoms with van der Waals surface area (Å²) in [6.45, 7) is 0. The van der Waals surface area contributed by atoms with Gasteiger partial charge in [0, 0.05) is 18.7 Å². The maximum absolute atomic E-state index is 13.7. The topological polar surface area (TPSA) is 80.7 Å². The number of sulfone groups is 1. The van der Waals surface area contributed by atoms with Gasteiger partial charge in [0.15, 0.2) is 9.84 Å². The van der Waals surface area contributed by atoms with Crippen molar-refractivity contribution in [1.82, 2.24) is 0 Å². The Hall–Kier alpha value is -1.63. The molecule has 106 valence electrons. The van der Waals surface area contributed by atoms with Crippen LogP contribution in [0.2, 0.25) is 0 Å². The molecule has 0 atom stereocenters. The van der Waals surface area contributed by atoms with Crippen LogP contribution >= 0.6 is 0 Å². The fourth-order valence-corrected chi connectivity index (χ4v) is 2.41. The molecular weight excluding hydrogens is 275 g/mol. The zero-order valence-electron chi connectivity index (χ0n) is 10.6. The Morgan fingerprint density at radius 1 is 1.42 bits per heavy atom. The minimum absolute atomic E-state index is 0.0431. The Morgan fingerprint density at radius 3 is 2.53 bits per heavy atom. The van der Waals surface area contributed by atoms with E-state index >= 15 is 0 Å². The number of rotatable bonds is 6. The molecule has 0 aliphatic rings. The predicted octanol–water partition coefficient (Wildman–Crippen LogP) is 1.65. The van der Waals surface area contributed by atoms with Crippen LogP contribution in [-0.4, -0.2) is 32.9 Å². The average molecular weight is 290 g/mol. The molecule has 1 aromatic carbocycles. The van der Waals surface area contributed by atoms with Gasteiger partial charge in [0.2, 0.25) is 0 Å². The number of carbonyl (C=O) groups is 1. The molecule has 0 saturated heterocycles. The van der Waals surface area contributed by atoms with Crippen molar-refractivity contribution >= 4 is 15.8 Å². The largest absolute Gasteiger partial charge is 0.496 e. The monoisotopic (exact) mass is 290 g/mol. The van der Waals surface area contributed by atoms with Gasteiger partial charge in [-0.1, -0.05) is 0 Å². The fraction of sp³-hybridized carbons (Fsp3) is 0.417. The summed E-state index contributed by atoms with van der Waals surface area (Å²) in [7, 11) is -2.32. The first kappa shape index (κ1) is 15.4. The van der Waals surface area contributed by atoms with Gasteiger partial charge in [0.25, 0.3) is 0 Å². The molecule has 7 heteroatoms. The first-order valence-electron chi connectivity index (χ1n) is 5.54. The van der Waals surface area contributed by atoms with Crippen molar-refractivity contribution in [1.29, 1.82) is 0 Å². The van der Waals surface area contributed by atoms with Crippen LogP contribution < -0.4 is 4.74 Å². The van der Waals surface area contributed by atoms with Crippen LogP contribution in [0.1, 0.15) is 18.4 Å². The summed E-state index contributed by atoms with van der Waals surface area (Å²) in [5.74, 6) is -1.55. The molecule has 1 N–H and O–H groups in total. The third kappa shape index (κ3) is 4.20. The lowest BCUT2D eigenvalue weighted by molar-refractivity contribution is -0.137. The molecule has 0 saturated carbocycles. The fourth-order valence-electron chi connectivity index (χ4n) is 1.68. The number of aliphatic carboxylic acids is 1. The van der Waals surface area contributed by atoms with Crippen LogP contribution in [-0.2, 0) is 21.1 Å². The summed E-state index contributed by atoms with van der Waals surface area (Å²) in [5.41, 5.74) is 0.452. The van der Waals surface area contributed by atoms with Gasteiger partial charge in [0.1, 0.15) is 16.5 Å². The molecule has 0 heterocycles. The molecule has 0 fully saturated rings. The second kappa shape index (κ2) is 6.01. The Balaban J connectivity index is 3.07. The molecule has 19 heavy (non-hydrogen) atoms. The van der Waals surface area contributed by atoms with Crippen molar-refractivity contribution in [2.75, 3.05) is 13.4 Å². The lowest BCUT2D eigenvalue weighted by Gasteiger charge is -2.10. The van der Waals surface area contributed by atoms with Crippen molar-refractivity contribution in [2.24, 2.45) is 0 Å². The van der Waals surface area contributed by atoms with Gasteiger partial charge >= 0.3 is 5.97 Å². The van der Waals surface area contributed by atoms with Gasteiger partial charge < -0.3 is 9.84 Å². The summed E-state index contributed by atoms with van der Waals surface area (Å²) < 4.78 is 41.4. The van der Waals surface area contributed by atoms with Crippen molar-refractivity contribution in [2.45, 2.75) is 24.2 Å². The Labute approximate surface area is 110 Å². The molecule has 0 aliphatic carbocycles. The second-order valence-electron chi connectivity index (χ2n) is 4.11. The molecule has 0 spiro atoms. The molecule has 0 amide bonds. The second-order valence-corrected chi connectivity index (χ2v) is 6.10. The lowest BCUT2D eigenvalue weighted by atomic mass is 10.1. The minimum Gasteiger partial charge on any atom is -0.496 e. The third-order valence-electron chi connectivity index (χ3n) is 2.57. The SMILES string of the molecule is COc1cc(S(C)(=O)=O)c(F)cc1CCCC(=O)O. The molecular formula is C12H15FO5S. The maximum atomic E-state index is 13.7. The Bertz CT molecular complexity index is 580.